The summed E-state index contributed by atoms with van der Waals surface area (Å²) in [6.07, 6.45) is 2.12. The van der Waals surface area contributed by atoms with Crippen LogP contribution in [0.3, 0.4) is 0 Å². The highest BCUT2D eigenvalue weighted by atomic mass is 35.5. The molecule has 14 heavy (non-hydrogen) atoms. The summed E-state index contributed by atoms with van der Waals surface area (Å²) in [4.78, 5) is 21.8. The van der Waals surface area contributed by atoms with E-state index in [2.05, 4.69) is 0 Å². The van der Waals surface area contributed by atoms with Crippen LogP contribution < -0.4 is 0 Å². The quantitative estimate of drug-likeness (QED) is 0.527. The first-order valence-corrected chi connectivity index (χ1v) is 5.25. The number of hydrogen-bond acceptors (Lipinski definition) is 3. The van der Waals surface area contributed by atoms with E-state index >= 15 is 0 Å². The Morgan fingerprint density at radius 1 is 1.36 bits per heavy atom. The second kappa shape index (κ2) is 4.78. The summed E-state index contributed by atoms with van der Waals surface area (Å²) < 4.78 is 5.13. The van der Waals surface area contributed by atoms with Crippen LogP contribution in [0.2, 0.25) is 0 Å². The first kappa shape index (κ1) is 11.5. The smallest absolute Gasteiger partial charge is 0.302 e. The zero-order valence-electron chi connectivity index (χ0n) is 8.46. The molecule has 4 heteroatoms. The normalized spacial score (nSPS) is 32.4. The Bertz CT molecular complexity index is 240. The van der Waals surface area contributed by atoms with Crippen LogP contribution in [0.4, 0.5) is 0 Å². The Morgan fingerprint density at radius 2 is 2.00 bits per heavy atom. The van der Waals surface area contributed by atoms with Gasteiger partial charge in [-0.15, -0.1) is 0 Å². The summed E-state index contributed by atoms with van der Waals surface area (Å²) in [6.45, 7) is 3.42. The van der Waals surface area contributed by atoms with Gasteiger partial charge in [0.1, 0.15) is 6.10 Å². The molecule has 0 spiro atoms. The van der Waals surface area contributed by atoms with E-state index in [4.69, 9.17) is 16.3 Å². The molecule has 80 valence electrons. The number of carbonyl (C=O) groups excluding carboxylic acids is 2. The molecule has 1 aliphatic rings. The van der Waals surface area contributed by atoms with Crippen molar-refractivity contribution in [2.75, 3.05) is 0 Å². The molecule has 0 heterocycles. The van der Waals surface area contributed by atoms with Crippen LogP contribution in [0, 0.1) is 11.8 Å². The van der Waals surface area contributed by atoms with Gasteiger partial charge in [-0.1, -0.05) is 6.92 Å². The summed E-state index contributed by atoms with van der Waals surface area (Å²) in [5.41, 5.74) is 0. The van der Waals surface area contributed by atoms with Crippen molar-refractivity contribution in [2.45, 2.75) is 39.2 Å². The van der Waals surface area contributed by atoms with Gasteiger partial charge in [-0.3, -0.25) is 9.59 Å². The van der Waals surface area contributed by atoms with E-state index in [0.29, 0.717) is 12.3 Å². The van der Waals surface area contributed by atoms with Crippen molar-refractivity contribution in [2.24, 2.45) is 11.8 Å². The maximum absolute atomic E-state index is 11.0. The monoisotopic (exact) mass is 218 g/mol. The van der Waals surface area contributed by atoms with E-state index < -0.39 is 0 Å². The van der Waals surface area contributed by atoms with Crippen LogP contribution in [-0.2, 0) is 14.3 Å². The SMILES string of the molecule is CC(=O)OC1CC(C(=O)Cl)CCC1C. The van der Waals surface area contributed by atoms with Gasteiger partial charge in [-0.25, -0.2) is 0 Å². The van der Waals surface area contributed by atoms with E-state index in [-0.39, 0.29) is 23.2 Å². The van der Waals surface area contributed by atoms with Crippen molar-refractivity contribution in [3.8, 4) is 0 Å². The fraction of sp³-hybridized carbons (Fsp3) is 0.800. The van der Waals surface area contributed by atoms with Gasteiger partial charge < -0.3 is 4.74 Å². The van der Waals surface area contributed by atoms with E-state index in [1.165, 1.54) is 6.92 Å². The fourth-order valence-corrected chi connectivity index (χ4v) is 2.06. The Labute approximate surface area is 88.8 Å². The van der Waals surface area contributed by atoms with Crippen LogP contribution in [0.25, 0.3) is 0 Å². The molecular formula is C10H15ClO3. The summed E-state index contributed by atoms with van der Waals surface area (Å²) in [6, 6.07) is 0. The molecule has 3 unspecified atom stereocenters. The van der Waals surface area contributed by atoms with Gasteiger partial charge in [0.25, 0.3) is 0 Å². The highest BCUT2D eigenvalue weighted by Gasteiger charge is 2.32. The number of hydrogen-bond donors (Lipinski definition) is 0. The topological polar surface area (TPSA) is 43.4 Å². The second-order valence-electron chi connectivity index (χ2n) is 3.94. The lowest BCUT2D eigenvalue weighted by molar-refractivity contribution is -0.152. The van der Waals surface area contributed by atoms with Gasteiger partial charge in [-0.2, -0.15) is 0 Å². The van der Waals surface area contributed by atoms with E-state index in [1.54, 1.807) is 0 Å². The molecule has 0 amide bonds. The number of halogens is 1. The molecule has 1 fully saturated rings. The van der Waals surface area contributed by atoms with Crippen molar-refractivity contribution in [3.05, 3.63) is 0 Å². The van der Waals surface area contributed by atoms with Crippen molar-refractivity contribution >= 4 is 22.8 Å². The van der Waals surface area contributed by atoms with Crippen LogP contribution in [0.5, 0.6) is 0 Å². The summed E-state index contributed by atoms with van der Waals surface area (Å²) in [7, 11) is 0. The average Bonchev–Trinajstić information content (AvgIpc) is 2.07. The lowest BCUT2D eigenvalue weighted by atomic mass is 9.81. The highest BCUT2D eigenvalue weighted by molar-refractivity contribution is 6.63. The van der Waals surface area contributed by atoms with Gasteiger partial charge in [0.05, 0.1) is 0 Å². The molecular weight excluding hydrogens is 204 g/mol. The lowest BCUT2D eigenvalue weighted by Crippen LogP contribution is -2.33. The molecule has 0 bridgehead atoms. The van der Waals surface area contributed by atoms with Crippen molar-refractivity contribution < 1.29 is 14.3 Å². The molecule has 3 nitrogen and oxygen atoms in total. The third-order valence-electron chi connectivity index (χ3n) is 2.76. The van der Waals surface area contributed by atoms with Crippen molar-refractivity contribution in [1.82, 2.24) is 0 Å². The second-order valence-corrected chi connectivity index (χ2v) is 4.31. The fourth-order valence-electron chi connectivity index (χ4n) is 1.86. The average molecular weight is 219 g/mol. The number of esters is 1. The summed E-state index contributed by atoms with van der Waals surface area (Å²) >= 11 is 5.43. The lowest BCUT2D eigenvalue weighted by Gasteiger charge is -2.31. The maximum atomic E-state index is 11.0. The molecule has 0 N–H and O–H groups in total. The molecule has 0 saturated heterocycles. The van der Waals surface area contributed by atoms with Gasteiger partial charge in [0.15, 0.2) is 0 Å². The highest BCUT2D eigenvalue weighted by Crippen LogP contribution is 2.32. The number of carbonyl (C=O) groups is 2. The van der Waals surface area contributed by atoms with Crippen molar-refractivity contribution in [3.63, 3.8) is 0 Å². The van der Waals surface area contributed by atoms with Crippen LogP contribution in [-0.4, -0.2) is 17.3 Å². The first-order chi connectivity index (χ1) is 6.50. The minimum absolute atomic E-state index is 0.141. The van der Waals surface area contributed by atoms with Crippen molar-refractivity contribution in [1.29, 1.82) is 0 Å². The third kappa shape index (κ3) is 2.98. The maximum Gasteiger partial charge on any atom is 0.302 e. The number of rotatable bonds is 2. The van der Waals surface area contributed by atoms with Gasteiger partial charge in [0.2, 0.25) is 5.24 Å². The first-order valence-electron chi connectivity index (χ1n) is 4.87. The molecule has 1 saturated carbocycles. The Kier molecular flexibility index (Phi) is 3.93. The molecule has 1 aliphatic carbocycles. The molecule has 0 aromatic carbocycles. The largest absolute Gasteiger partial charge is 0.462 e. The molecule has 3 atom stereocenters. The molecule has 0 aromatic rings. The minimum Gasteiger partial charge on any atom is -0.462 e. The summed E-state index contributed by atoms with van der Waals surface area (Å²) in [5.74, 6) is -0.104. The predicted octanol–water partition coefficient (Wildman–Crippen LogP) is 2.12. The minimum atomic E-state index is -0.311. The van der Waals surface area contributed by atoms with E-state index in [1.807, 2.05) is 6.92 Å². The van der Waals surface area contributed by atoms with Gasteiger partial charge >= 0.3 is 5.97 Å². The molecule has 1 rings (SSSR count). The van der Waals surface area contributed by atoms with E-state index in [0.717, 1.165) is 12.8 Å². The van der Waals surface area contributed by atoms with Crippen LogP contribution >= 0.6 is 11.6 Å². The standard InChI is InChI=1S/C10H15ClO3/c1-6-3-4-8(10(11)13)5-9(6)14-7(2)12/h6,8-9H,3-5H2,1-2H3. The molecule has 0 aliphatic heterocycles. The zero-order valence-corrected chi connectivity index (χ0v) is 9.21. The zero-order chi connectivity index (χ0) is 10.7. The predicted molar refractivity (Wildman–Crippen MR) is 52.9 cm³/mol. The van der Waals surface area contributed by atoms with Gasteiger partial charge in [0, 0.05) is 12.8 Å². The Morgan fingerprint density at radius 3 is 2.50 bits per heavy atom. The molecule has 0 radical (unpaired) electrons. The van der Waals surface area contributed by atoms with Crippen LogP contribution in [0.1, 0.15) is 33.1 Å². The number of ether oxygens (including phenoxy) is 1. The Hall–Kier alpha value is -0.570. The Balaban J connectivity index is 2.55. The summed E-state index contributed by atoms with van der Waals surface area (Å²) in [5, 5.41) is -0.311. The third-order valence-corrected chi connectivity index (χ3v) is 3.07. The molecule has 0 aromatic heterocycles. The van der Waals surface area contributed by atoms with E-state index in [9.17, 15) is 9.59 Å². The van der Waals surface area contributed by atoms with Gasteiger partial charge in [-0.05, 0) is 36.8 Å². The van der Waals surface area contributed by atoms with Crippen LogP contribution in [0.15, 0.2) is 0 Å².